The second-order valence-corrected chi connectivity index (χ2v) is 4.26. The molecule has 0 aromatic carbocycles. The van der Waals surface area contributed by atoms with Gasteiger partial charge in [-0.3, -0.25) is 4.98 Å². The lowest BCUT2D eigenvalue weighted by Crippen LogP contribution is -2.32. The first-order valence-electron chi connectivity index (χ1n) is 4.94. The van der Waals surface area contributed by atoms with E-state index in [1.165, 1.54) is 0 Å². The molecule has 1 aliphatic rings. The highest BCUT2D eigenvalue weighted by molar-refractivity contribution is 5.20. The van der Waals surface area contributed by atoms with Gasteiger partial charge in [0.25, 0.3) is 0 Å². The van der Waals surface area contributed by atoms with E-state index in [1.54, 1.807) is 6.20 Å². The number of nitrogens with two attached hydrogens (primary N) is 1. The van der Waals surface area contributed by atoms with Crippen LogP contribution in [0.15, 0.2) is 18.3 Å². The highest BCUT2D eigenvalue weighted by atomic mass is 16.5. The molecule has 0 aliphatic heterocycles. The first-order chi connectivity index (χ1) is 6.60. The van der Waals surface area contributed by atoms with E-state index in [2.05, 4.69) is 11.9 Å². The van der Waals surface area contributed by atoms with E-state index in [1.807, 2.05) is 19.1 Å². The molecule has 0 bridgehead atoms. The van der Waals surface area contributed by atoms with Crippen LogP contribution in [0.25, 0.3) is 0 Å². The van der Waals surface area contributed by atoms with Gasteiger partial charge in [0.05, 0.1) is 11.7 Å². The quantitative estimate of drug-likeness (QED) is 0.789. The van der Waals surface area contributed by atoms with Gasteiger partial charge < -0.3 is 10.5 Å². The van der Waals surface area contributed by atoms with E-state index in [9.17, 15) is 0 Å². The number of aromatic nitrogens is 1. The first-order valence-corrected chi connectivity index (χ1v) is 4.94. The fourth-order valence-electron chi connectivity index (χ4n) is 1.47. The molecule has 0 saturated heterocycles. The molecule has 1 saturated carbocycles. The third kappa shape index (κ3) is 1.87. The maximum atomic E-state index is 6.02. The zero-order chi connectivity index (χ0) is 10.2. The van der Waals surface area contributed by atoms with E-state index >= 15 is 0 Å². The molecule has 1 aliphatic carbocycles. The van der Waals surface area contributed by atoms with Crippen molar-refractivity contribution in [2.75, 3.05) is 6.61 Å². The third-order valence-electron chi connectivity index (χ3n) is 2.90. The van der Waals surface area contributed by atoms with Gasteiger partial charge >= 0.3 is 0 Å². The van der Waals surface area contributed by atoms with Crippen LogP contribution in [0, 0.1) is 12.8 Å². The topological polar surface area (TPSA) is 48.1 Å². The molecule has 0 spiro atoms. The zero-order valence-electron chi connectivity index (χ0n) is 8.66. The van der Waals surface area contributed by atoms with Crippen molar-refractivity contribution in [3.63, 3.8) is 0 Å². The minimum atomic E-state index is -0.0924. The highest BCUT2D eigenvalue weighted by Gasteiger charge is 2.48. The second-order valence-electron chi connectivity index (χ2n) is 4.26. The minimum Gasteiger partial charge on any atom is -0.490 e. The molecule has 1 aromatic rings. The Morgan fingerprint density at radius 3 is 2.86 bits per heavy atom. The van der Waals surface area contributed by atoms with Gasteiger partial charge in [-0.25, -0.2) is 0 Å². The molecule has 0 amide bonds. The highest BCUT2D eigenvalue weighted by Crippen LogP contribution is 2.40. The van der Waals surface area contributed by atoms with E-state index in [0.29, 0.717) is 12.5 Å². The van der Waals surface area contributed by atoms with Crippen LogP contribution < -0.4 is 10.5 Å². The number of ether oxygens (including phenoxy) is 1. The first kappa shape index (κ1) is 9.46. The fraction of sp³-hybridized carbons (Fsp3) is 0.545. The number of hydrogen-bond donors (Lipinski definition) is 1. The smallest absolute Gasteiger partial charge is 0.137 e. The van der Waals surface area contributed by atoms with Crippen molar-refractivity contribution in [2.24, 2.45) is 11.7 Å². The Morgan fingerprint density at radius 1 is 1.64 bits per heavy atom. The van der Waals surface area contributed by atoms with Crippen LogP contribution in [0.5, 0.6) is 5.75 Å². The molecule has 3 heteroatoms. The summed E-state index contributed by atoms with van der Waals surface area (Å²) < 4.78 is 5.57. The number of nitrogens with zero attached hydrogens (tertiary/aromatic N) is 1. The van der Waals surface area contributed by atoms with Crippen LogP contribution in [0.3, 0.4) is 0 Å². The van der Waals surface area contributed by atoms with E-state index in [4.69, 9.17) is 10.5 Å². The van der Waals surface area contributed by atoms with Crippen molar-refractivity contribution < 1.29 is 4.74 Å². The summed E-state index contributed by atoms with van der Waals surface area (Å²) in [6.45, 7) is 4.70. The molecule has 3 nitrogen and oxygen atoms in total. The molecule has 1 heterocycles. The maximum Gasteiger partial charge on any atom is 0.137 e. The van der Waals surface area contributed by atoms with Gasteiger partial charge in [-0.15, -0.1) is 0 Å². The van der Waals surface area contributed by atoms with Crippen molar-refractivity contribution in [1.82, 2.24) is 4.98 Å². The van der Waals surface area contributed by atoms with E-state index in [-0.39, 0.29) is 5.54 Å². The van der Waals surface area contributed by atoms with Gasteiger partial charge in [0.2, 0.25) is 0 Å². The predicted molar refractivity (Wildman–Crippen MR) is 55.2 cm³/mol. The SMILES string of the molecule is Cc1ccc(OCC2(N)CC2C)cn1. The van der Waals surface area contributed by atoms with Crippen molar-refractivity contribution >= 4 is 0 Å². The lowest BCUT2D eigenvalue weighted by molar-refractivity contribution is 0.270. The van der Waals surface area contributed by atoms with Gasteiger partial charge in [-0.05, 0) is 31.4 Å². The molecule has 0 radical (unpaired) electrons. The Balaban J connectivity index is 1.89. The lowest BCUT2D eigenvalue weighted by Gasteiger charge is -2.11. The molecule has 14 heavy (non-hydrogen) atoms. The maximum absolute atomic E-state index is 6.02. The van der Waals surface area contributed by atoms with Crippen molar-refractivity contribution in [2.45, 2.75) is 25.8 Å². The molecule has 2 rings (SSSR count). The Labute approximate surface area is 84.3 Å². The van der Waals surface area contributed by atoms with Crippen molar-refractivity contribution in [1.29, 1.82) is 0 Å². The Kier molecular flexibility index (Phi) is 2.19. The average molecular weight is 192 g/mol. The number of rotatable bonds is 3. The second kappa shape index (κ2) is 3.24. The average Bonchev–Trinajstić information content (AvgIpc) is 2.74. The summed E-state index contributed by atoms with van der Waals surface area (Å²) in [6.07, 6.45) is 2.80. The number of hydrogen-bond acceptors (Lipinski definition) is 3. The monoisotopic (exact) mass is 192 g/mol. The van der Waals surface area contributed by atoms with Gasteiger partial charge in [-0.2, -0.15) is 0 Å². The fourth-order valence-corrected chi connectivity index (χ4v) is 1.47. The Bertz CT molecular complexity index is 323. The van der Waals surface area contributed by atoms with Crippen LogP contribution in [-0.2, 0) is 0 Å². The standard InChI is InChI=1S/C11H16N2O/c1-8-5-11(8,12)7-14-10-4-3-9(2)13-6-10/h3-4,6,8H,5,7,12H2,1-2H3. The van der Waals surface area contributed by atoms with E-state index < -0.39 is 0 Å². The normalized spacial score (nSPS) is 30.1. The van der Waals surface area contributed by atoms with Crippen LogP contribution in [0.1, 0.15) is 19.0 Å². The van der Waals surface area contributed by atoms with Crippen molar-refractivity contribution in [3.8, 4) is 5.75 Å². The van der Waals surface area contributed by atoms with Gasteiger partial charge in [0, 0.05) is 5.69 Å². The van der Waals surface area contributed by atoms with Crippen LogP contribution in [-0.4, -0.2) is 17.1 Å². The number of aryl methyl sites for hydroxylation is 1. The molecule has 1 aromatic heterocycles. The zero-order valence-corrected chi connectivity index (χ0v) is 8.66. The molecular weight excluding hydrogens is 176 g/mol. The van der Waals surface area contributed by atoms with Crippen molar-refractivity contribution in [3.05, 3.63) is 24.0 Å². The van der Waals surface area contributed by atoms with Crippen LogP contribution in [0.4, 0.5) is 0 Å². The third-order valence-corrected chi connectivity index (χ3v) is 2.90. The molecule has 76 valence electrons. The largest absolute Gasteiger partial charge is 0.490 e. The Morgan fingerprint density at radius 2 is 2.36 bits per heavy atom. The molecule has 2 unspecified atom stereocenters. The van der Waals surface area contributed by atoms with Crippen LogP contribution >= 0.6 is 0 Å². The van der Waals surface area contributed by atoms with Gasteiger partial charge in [0.1, 0.15) is 12.4 Å². The molecule has 2 atom stereocenters. The lowest BCUT2D eigenvalue weighted by atomic mass is 10.2. The summed E-state index contributed by atoms with van der Waals surface area (Å²) in [5.41, 5.74) is 6.93. The predicted octanol–water partition coefficient (Wildman–Crippen LogP) is 1.51. The summed E-state index contributed by atoms with van der Waals surface area (Å²) in [5.74, 6) is 1.39. The minimum absolute atomic E-state index is 0.0924. The van der Waals surface area contributed by atoms with E-state index in [0.717, 1.165) is 17.9 Å². The molecule has 1 fully saturated rings. The van der Waals surface area contributed by atoms with Gasteiger partial charge in [0.15, 0.2) is 0 Å². The number of pyridine rings is 1. The summed E-state index contributed by atoms with van der Waals surface area (Å²) in [7, 11) is 0. The molecule has 2 N–H and O–H groups in total. The van der Waals surface area contributed by atoms with Gasteiger partial charge in [-0.1, -0.05) is 6.92 Å². The Hall–Kier alpha value is -1.09. The summed E-state index contributed by atoms with van der Waals surface area (Å²) in [4.78, 5) is 4.15. The summed E-state index contributed by atoms with van der Waals surface area (Å²) in [6, 6.07) is 3.87. The molecular formula is C11H16N2O. The van der Waals surface area contributed by atoms with Crippen LogP contribution in [0.2, 0.25) is 0 Å². The summed E-state index contributed by atoms with van der Waals surface area (Å²) >= 11 is 0. The summed E-state index contributed by atoms with van der Waals surface area (Å²) in [5, 5.41) is 0.